The lowest BCUT2D eigenvalue weighted by molar-refractivity contribution is -0.142. The number of carbonyl (C=O) groups excluding carboxylic acids is 1. The third kappa shape index (κ3) is 3.23. The second kappa shape index (κ2) is 6.05. The van der Waals surface area contributed by atoms with Crippen molar-refractivity contribution in [3.05, 3.63) is 29.8 Å². The lowest BCUT2D eigenvalue weighted by Crippen LogP contribution is -2.26. The fraction of sp³-hybridized carbons (Fsp3) is 0.385. The number of methoxy groups -OCH3 is 1. The largest absolute Gasteiger partial charge is 0.496 e. The topological polar surface area (TPSA) is 66.8 Å². The summed E-state index contributed by atoms with van der Waals surface area (Å²) in [5, 5.41) is 9.25. The van der Waals surface area contributed by atoms with Crippen molar-refractivity contribution in [3.63, 3.8) is 0 Å². The quantitative estimate of drug-likeness (QED) is 0.857. The van der Waals surface area contributed by atoms with Crippen molar-refractivity contribution < 1.29 is 19.4 Å². The van der Waals surface area contributed by atoms with E-state index in [-0.39, 0.29) is 12.3 Å². The second-order valence-electron chi connectivity index (χ2n) is 4.13. The van der Waals surface area contributed by atoms with Gasteiger partial charge in [0.1, 0.15) is 5.75 Å². The molecular weight excluding hydrogens is 234 g/mol. The predicted octanol–water partition coefficient (Wildman–Crippen LogP) is 1.34. The Labute approximate surface area is 106 Å². The summed E-state index contributed by atoms with van der Waals surface area (Å²) in [6.45, 7) is 0. The van der Waals surface area contributed by atoms with Gasteiger partial charge in [0.2, 0.25) is 5.91 Å². The first-order valence-corrected chi connectivity index (χ1v) is 5.53. The van der Waals surface area contributed by atoms with Gasteiger partial charge >= 0.3 is 5.97 Å². The van der Waals surface area contributed by atoms with Crippen molar-refractivity contribution in [2.24, 2.45) is 0 Å². The number of nitrogens with zero attached hydrogens (tertiary/aromatic N) is 1. The van der Waals surface area contributed by atoms with Crippen molar-refractivity contribution in [2.75, 3.05) is 21.2 Å². The van der Waals surface area contributed by atoms with Gasteiger partial charge < -0.3 is 14.7 Å². The van der Waals surface area contributed by atoms with Crippen LogP contribution in [0.2, 0.25) is 0 Å². The van der Waals surface area contributed by atoms with Gasteiger partial charge in [0.05, 0.1) is 13.0 Å². The molecular formula is C13H17NO4. The maximum absolute atomic E-state index is 11.7. The number of hydrogen-bond donors (Lipinski definition) is 1. The molecule has 0 fully saturated rings. The van der Waals surface area contributed by atoms with Crippen LogP contribution in [0.5, 0.6) is 5.75 Å². The highest BCUT2D eigenvalue weighted by Crippen LogP contribution is 2.29. The molecule has 1 aromatic carbocycles. The van der Waals surface area contributed by atoms with Gasteiger partial charge in [0, 0.05) is 26.1 Å². The molecule has 0 spiro atoms. The normalized spacial score (nSPS) is 11.7. The van der Waals surface area contributed by atoms with Crippen molar-refractivity contribution in [3.8, 4) is 5.75 Å². The van der Waals surface area contributed by atoms with Crippen LogP contribution in [0.1, 0.15) is 17.9 Å². The van der Waals surface area contributed by atoms with Gasteiger partial charge in [0.25, 0.3) is 0 Å². The van der Waals surface area contributed by atoms with E-state index in [0.717, 1.165) is 0 Å². The van der Waals surface area contributed by atoms with E-state index in [1.54, 1.807) is 38.4 Å². The Morgan fingerprint density at radius 3 is 2.44 bits per heavy atom. The number of benzene rings is 1. The SMILES string of the molecule is COc1ccccc1C(CC(=O)N(C)C)C(=O)O. The average Bonchev–Trinajstić information content (AvgIpc) is 2.35. The van der Waals surface area contributed by atoms with Gasteiger partial charge in [-0.3, -0.25) is 9.59 Å². The summed E-state index contributed by atoms with van der Waals surface area (Å²) in [5.74, 6) is -1.67. The minimum Gasteiger partial charge on any atom is -0.496 e. The van der Waals surface area contributed by atoms with Crippen LogP contribution < -0.4 is 4.74 Å². The molecule has 1 unspecified atom stereocenters. The minimum absolute atomic E-state index is 0.0806. The van der Waals surface area contributed by atoms with Gasteiger partial charge in [-0.2, -0.15) is 0 Å². The minimum atomic E-state index is -1.03. The monoisotopic (exact) mass is 251 g/mol. The first-order valence-electron chi connectivity index (χ1n) is 5.53. The molecule has 1 amide bonds. The predicted molar refractivity (Wildman–Crippen MR) is 66.7 cm³/mol. The fourth-order valence-corrected chi connectivity index (χ4v) is 1.64. The average molecular weight is 251 g/mol. The summed E-state index contributed by atoms with van der Waals surface area (Å²) in [5.41, 5.74) is 0.516. The molecule has 0 saturated carbocycles. The number of rotatable bonds is 5. The van der Waals surface area contributed by atoms with Crippen LogP contribution in [0.4, 0.5) is 0 Å². The summed E-state index contributed by atoms with van der Waals surface area (Å²) in [6.07, 6.45) is -0.0806. The van der Waals surface area contributed by atoms with Gasteiger partial charge in [-0.1, -0.05) is 18.2 Å². The van der Waals surface area contributed by atoms with E-state index >= 15 is 0 Å². The van der Waals surface area contributed by atoms with E-state index in [4.69, 9.17) is 4.74 Å². The molecule has 0 bridgehead atoms. The van der Waals surface area contributed by atoms with Gasteiger partial charge in [-0.15, -0.1) is 0 Å². The van der Waals surface area contributed by atoms with Gasteiger partial charge in [-0.05, 0) is 6.07 Å². The maximum Gasteiger partial charge on any atom is 0.311 e. The van der Waals surface area contributed by atoms with E-state index in [0.29, 0.717) is 11.3 Å². The zero-order valence-corrected chi connectivity index (χ0v) is 10.7. The third-order valence-corrected chi connectivity index (χ3v) is 2.69. The van der Waals surface area contributed by atoms with Crippen LogP contribution in [-0.4, -0.2) is 43.1 Å². The van der Waals surface area contributed by atoms with Crippen molar-refractivity contribution >= 4 is 11.9 Å². The number of ether oxygens (including phenoxy) is 1. The van der Waals surface area contributed by atoms with Gasteiger partial charge in [-0.25, -0.2) is 0 Å². The highest BCUT2D eigenvalue weighted by atomic mass is 16.5. The number of carboxylic acids is 1. The smallest absolute Gasteiger partial charge is 0.311 e. The molecule has 0 radical (unpaired) electrons. The van der Waals surface area contributed by atoms with Crippen LogP contribution >= 0.6 is 0 Å². The summed E-state index contributed by atoms with van der Waals surface area (Å²) in [4.78, 5) is 24.3. The second-order valence-corrected chi connectivity index (χ2v) is 4.13. The van der Waals surface area contributed by atoms with Crippen LogP contribution in [0, 0.1) is 0 Å². The molecule has 0 aromatic heterocycles. The summed E-state index contributed by atoms with van der Waals surface area (Å²) < 4.78 is 5.13. The molecule has 0 aliphatic rings. The molecule has 0 saturated heterocycles. The molecule has 0 heterocycles. The lowest BCUT2D eigenvalue weighted by atomic mass is 9.94. The summed E-state index contributed by atoms with van der Waals surface area (Å²) in [6, 6.07) is 6.84. The molecule has 1 rings (SSSR count). The number of carbonyl (C=O) groups is 2. The molecule has 5 nitrogen and oxygen atoms in total. The van der Waals surface area contributed by atoms with Crippen molar-refractivity contribution in [2.45, 2.75) is 12.3 Å². The Balaban J connectivity index is 3.05. The first kappa shape index (κ1) is 14.0. The molecule has 1 N–H and O–H groups in total. The molecule has 1 aromatic rings. The zero-order chi connectivity index (χ0) is 13.7. The fourth-order valence-electron chi connectivity index (χ4n) is 1.64. The van der Waals surface area contributed by atoms with Gasteiger partial charge in [0.15, 0.2) is 0 Å². The molecule has 98 valence electrons. The molecule has 0 aliphatic carbocycles. The number of hydrogen-bond acceptors (Lipinski definition) is 3. The number of para-hydroxylation sites is 1. The highest BCUT2D eigenvalue weighted by Gasteiger charge is 2.26. The molecule has 18 heavy (non-hydrogen) atoms. The van der Waals surface area contributed by atoms with Crippen LogP contribution in [0.15, 0.2) is 24.3 Å². The molecule has 0 aliphatic heterocycles. The number of aliphatic carboxylic acids is 1. The lowest BCUT2D eigenvalue weighted by Gasteiger charge is -2.17. The van der Waals surface area contributed by atoms with E-state index in [9.17, 15) is 14.7 Å². The van der Waals surface area contributed by atoms with Crippen LogP contribution in [0.3, 0.4) is 0 Å². The molecule has 1 atom stereocenters. The van der Waals surface area contributed by atoms with E-state index in [1.165, 1.54) is 12.0 Å². The van der Waals surface area contributed by atoms with E-state index < -0.39 is 11.9 Å². The first-order chi connectivity index (χ1) is 8.47. The van der Waals surface area contributed by atoms with Crippen molar-refractivity contribution in [1.82, 2.24) is 4.90 Å². The Morgan fingerprint density at radius 2 is 1.94 bits per heavy atom. The van der Waals surface area contributed by atoms with Crippen LogP contribution in [0.25, 0.3) is 0 Å². The third-order valence-electron chi connectivity index (χ3n) is 2.69. The number of carboxylic acid groups (broad SMARTS) is 1. The van der Waals surface area contributed by atoms with Crippen molar-refractivity contribution in [1.29, 1.82) is 0 Å². The summed E-state index contributed by atoms with van der Waals surface area (Å²) in [7, 11) is 4.68. The van der Waals surface area contributed by atoms with E-state index in [1.807, 2.05) is 0 Å². The van der Waals surface area contributed by atoms with Crippen LogP contribution in [-0.2, 0) is 9.59 Å². The Morgan fingerprint density at radius 1 is 1.33 bits per heavy atom. The Kier molecular flexibility index (Phi) is 4.71. The summed E-state index contributed by atoms with van der Waals surface area (Å²) >= 11 is 0. The highest BCUT2D eigenvalue weighted by molar-refractivity contribution is 5.86. The van der Waals surface area contributed by atoms with E-state index in [2.05, 4.69) is 0 Å². The molecule has 5 heteroatoms. The zero-order valence-electron chi connectivity index (χ0n) is 10.7. The Hall–Kier alpha value is -2.04. The maximum atomic E-state index is 11.7. The standard InChI is InChI=1S/C13H17NO4/c1-14(2)12(15)8-10(13(16)17)9-6-4-5-7-11(9)18-3/h4-7,10H,8H2,1-3H3,(H,16,17). The Bertz CT molecular complexity index is 442. The number of amides is 1.